The maximum atomic E-state index is 12.8. The zero-order valence-corrected chi connectivity index (χ0v) is 18.2. The molecule has 0 aliphatic heterocycles. The summed E-state index contributed by atoms with van der Waals surface area (Å²) in [5.41, 5.74) is 2.24. The van der Waals surface area contributed by atoms with Gasteiger partial charge in [-0.1, -0.05) is 0 Å². The molecule has 0 saturated carbocycles. The Kier molecular flexibility index (Phi) is 7.26. The van der Waals surface area contributed by atoms with Crippen LogP contribution in [0, 0.1) is 5.41 Å². The molecule has 0 bridgehead atoms. The van der Waals surface area contributed by atoms with E-state index < -0.39 is 5.41 Å². The maximum Gasteiger partial charge on any atom is 0.239 e. The molecule has 0 atom stereocenters. The predicted molar refractivity (Wildman–Crippen MR) is 122 cm³/mol. The Balaban J connectivity index is 2.03. The molecule has 6 heteroatoms. The first kappa shape index (κ1) is 22.3. The molecule has 2 aromatic carbocycles. The summed E-state index contributed by atoms with van der Waals surface area (Å²) in [5, 5.41) is 5.68. The molecule has 29 heavy (non-hydrogen) atoms. The Morgan fingerprint density at radius 2 is 1.14 bits per heavy atom. The average Bonchev–Trinajstić information content (AvgIpc) is 2.70. The van der Waals surface area contributed by atoms with Crippen molar-refractivity contribution in [1.29, 1.82) is 0 Å². The molecule has 2 aromatic rings. The summed E-state index contributed by atoms with van der Waals surface area (Å²) >= 11 is 0. The zero-order valence-electron chi connectivity index (χ0n) is 18.2. The molecule has 0 aliphatic carbocycles. The molecule has 2 amide bonds. The highest BCUT2D eigenvalue weighted by Gasteiger charge is 2.36. The van der Waals surface area contributed by atoms with Gasteiger partial charge in [0, 0.05) is 49.9 Å². The highest BCUT2D eigenvalue weighted by molar-refractivity contribution is 6.14. The number of amides is 2. The number of nitrogens with zero attached hydrogens (tertiary/aromatic N) is 2. The van der Waals surface area contributed by atoms with Crippen LogP contribution < -0.4 is 20.4 Å². The highest BCUT2D eigenvalue weighted by Crippen LogP contribution is 2.24. The van der Waals surface area contributed by atoms with Crippen molar-refractivity contribution in [1.82, 2.24) is 0 Å². The van der Waals surface area contributed by atoms with Crippen LogP contribution in [0.4, 0.5) is 22.7 Å². The molecule has 0 aliphatic rings. The maximum absolute atomic E-state index is 12.8. The number of benzene rings is 2. The van der Waals surface area contributed by atoms with Crippen LogP contribution in [0.1, 0.15) is 27.7 Å². The van der Waals surface area contributed by atoms with Crippen LogP contribution >= 0.6 is 0 Å². The largest absolute Gasteiger partial charge is 0.378 e. The third kappa shape index (κ3) is 5.50. The molecule has 0 radical (unpaired) electrons. The fourth-order valence-corrected chi connectivity index (χ4v) is 2.87. The van der Waals surface area contributed by atoms with Crippen molar-refractivity contribution in [3.8, 4) is 0 Å². The highest BCUT2D eigenvalue weighted by atomic mass is 16.2. The van der Waals surface area contributed by atoms with Gasteiger partial charge in [-0.15, -0.1) is 0 Å². The minimum absolute atomic E-state index is 0.351. The first-order valence-electron chi connectivity index (χ1n) is 9.94. The van der Waals surface area contributed by atoms with E-state index in [9.17, 15) is 9.59 Å². The van der Waals surface area contributed by atoms with E-state index >= 15 is 0 Å². The number of anilines is 4. The van der Waals surface area contributed by atoms with Crippen molar-refractivity contribution < 1.29 is 9.59 Å². The topological polar surface area (TPSA) is 64.7 Å². The lowest BCUT2D eigenvalue weighted by molar-refractivity contribution is -0.135. The molecule has 0 spiro atoms. The lowest BCUT2D eigenvalue weighted by Crippen LogP contribution is -2.41. The molecular formula is C23H32N4O2. The standard InChI is InChI=1S/C23H32N4O2/c1-7-27(8-2)20-15-11-18(12-16-20)25-22(29)23(3,4)21(28)24-17-9-13-19(14-10-17)26(5)6/h9-16H,7-8H2,1-6H3,(H,24,28)(H,25,29). The van der Waals surface area contributed by atoms with Crippen molar-refractivity contribution in [2.45, 2.75) is 27.7 Å². The van der Waals surface area contributed by atoms with E-state index in [2.05, 4.69) is 29.4 Å². The molecule has 2 rings (SSSR count). The van der Waals surface area contributed by atoms with Crippen molar-refractivity contribution in [3.05, 3.63) is 48.5 Å². The Bertz CT molecular complexity index is 823. The summed E-state index contributed by atoms with van der Waals surface area (Å²) in [5.74, 6) is -0.706. The first-order chi connectivity index (χ1) is 13.7. The van der Waals surface area contributed by atoms with E-state index in [-0.39, 0.29) is 11.8 Å². The quantitative estimate of drug-likeness (QED) is 0.657. The molecule has 0 aromatic heterocycles. The zero-order chi connectivity index (χ0) is 21.6. The smallest absolute Gasteiger partial charge is 0.239 e. The second-order valence-electron chi connectivity index (χ2n) is 7.69. The van der Waals surface area contributed by atoms with E-state index in [0.717, 1.165) is 24.5 Å². The molecule has 0 saturated heterocycles. The van der Waals surface area contributed by atoms with Crippen LogP contribution in [0.5, 0.6) is 0 Å². The summed E-state index contributed by atoms with van der Waals surface area (Å²) in [4.78, 5) is 29.7. The summed E-state index contributed by atoms with van der Waals surface area (Å²) in [6.07, 6.45) is 0. The minimum Gasteiger partial charge on any atom is -0.378 e. The Morgan fingerprint density at radius 1 is 0.759 bits per heavy atom. The number of hydrogen-bond donors (Lipinski definition) is 2. The predicted octanol–water partition coefficient (Wildman–Crippen LogP) is 4.20. The van der Waals surface area contributed by atoms with E-state index in [4.69, 9.17) is 0 Å². The van der Waals surface area contributed by atoms with Gasteiger partial charge in [-0.3, -0.25) is 9.59 Å². The fraction of sp³-hybridized carbons (Fsp3) is 0.391. The van der Waals surface area contributed by atoms with Crippen LogP contribution in [-0.4, -0.2) is 39.0 Å². The number of rotatable bonds is 8. The lowest BCUT2D eigenvalue weighted by Gasteiger charge is -2.24. The minimum atomic E-state index is -1.22. The van der Waals surface area contributed by atoms with Gasteiger partial charge >= 0.3 is 0 Å². The van der Waals surface area contributed by atoms with Gasteiger partial charge in [0.2, 0.25) is 11.8 Å². The fourth-order valence-electron chi connectivity index (χ4n) is 2.87. The van der Waals surface area contributed by atoms with Gasteiger partial charge in [-0.2, -0.15) is 0 Å². The molecule has 0 heterocycles. The second-order valence-corrected chi connectivity index (χ2v) is 7.69. The van der Waals surface area contributed by atoms with Crippen LogP contribution in [0.25, 0.3) is 0 Å². The summed E-state index contributed by atoms with van der Waals surface area (Å²) in [7, 11) is 3.91. The van der Waals surface area contributed by atoms with Crippen LogP contribution in [-0.2, 0) is 9.59 Å². The third-order valence-corrected chi connectivity index (χ3v) is 5.03. The lowest BCUT2D eigenvalue weighted by atomic mass is 9.90. The van der Waals surface area contributed by atoms with Crippen molar-refractivity contribution >= 4 is 34.6 Å². The Hall–Kier alpha value is -3.02. The number of nitrogens with one attached hydrogen (secondary N) is 2. The van der Waals surface area contributed by atoms with Gasteiger partial charge in [-0.05, 0) is 76.2 Å². The van der Waals surface area contributed by atoms with E-state index in [1.165, 1.54) is 0 Å². The summed E-state index contributed by atoms with van der Waals surface area (Å²) < 4.78 is 0. The summed E-state index contributed by atoms with van der Waals surface area (Å²) in [6.45, 7) is 9.30. The van der Waals surface area contributed by atoms with Crippen LogP contribution in [0.3, 0.4) is 0 Å². The van der Waals surface area contributed by atoms with Crippen molar-refractivity contribution in [3.63, 3.8) is 0 Å². The van der Waals surface area contributed by atoms with E-state index in [0.29, 0.717) is 11.4 Å². The second kappa shape index (κ2) is 9.45. The molecule has 156 valence electrons. The van der Waals surface area contributed by atoms with Gasteiger partial charge in [0.1, 0.15) is 5.41 Å². The molecule has 0 fully saturated rings. The molecule has 0 unspecified atom stereocenters. The van der Waals surface area contributed by atoms with E-state index in [1.807, 2.05) is 67.5 Å². The van der Waals surface area contributed by atoms with Crippen molar-refractivity contribution in [2.24, 2.45) is 5.41 Å². The molecule has 2 N–H and O–H groups in total. The van der Waals surface area contributed by atoms with Gasteiger partial charge in [0.25, 0.3) is 0 Å². The van der Waals surface area contributed by atoms with Gasteiger partial charge in [0.05, 0.1) is 0 Å². The number of carbonyl (C=O) groups excluding carboxylic acids is 2. The summed E-state index contributed by atoms with van der Waals surface area (Å²) in [6, 6.07) is 15.2. The van der Waals surface area contributed by atoms with Gasteiger partial charge < -0.3 is 20.4 Å². The molecule has 6 nitrogen and oxygen atoms in total. The average molecular weight is 397 g/mol. The Morgan fingerprint density at radius 3 is 1.48 bits per heavy atom. The normalized spacial score (nSPS) is 11.0. The van der Waals surface area contributed by atoms with E-state index in [1.54, 1.807) is 13.8 Å². The SMILES string of the molecule is CCN(CC)c1ccc(NC(=O)C(C)(C)C(=O)Nc2ccc(N(C)C)cc2)cc1. The van der Waals surface area contributed by atoms with Gasteiger partial charge in [0.15, 0.2) is 0 Å². The third-order valence-electron chi connectivity index (χ3n) is 5.03. The number of hydrogen-bond acceptors (Lipinski definition) is 4. The first-order valence-corrected chi connectivity index (χ1v) is 9.94. The Labute approximate surface area is 173 Å². The monoisotopic (exact) mass is 396 g/mol. The van der Waals surface area contributed by atoms with Crippen LogP contribution in [0.2, 0.25) is 0 Å². The molecular weight excluding hydrogens is 364 g/mol. The van der Waals surface area contributed by atoms with Crippen LogP contribution in [0.15, 0.2) is 48.5 Å². The number of carbonyl (C=O) groups is 2. The van der Waals surface area contributed by atoms with Gasteiger partial charge in [-0.25, -0.2) is 0 Å². The van der Waals surface area contributed by atoms with Crippen molar-refractivity contribution in [2.75, 3.05) is 47.6 Å².